The number of hydrogen-bond donors (Lipinski definition) is 0. The smallest absolute Gasteiger partial charge is 0.328 e. The average Bonchev–Trinajstić information content (AvgIpc) is 2.59. The van der Waals surface area contributed by atoms with E-state index in [1.54, 1.807) is 23.1 Å². The third kappa shape index (κ3) is 3.32. The largest absolute Gasteiger partial charge is 0.497 e. The lowest BCUT2D eigenvalue weighted by molar-refractivity contribution is -0.147. The van der Waals surface area contributed by atoms with Crippen LogP contribution in [-0.2, 0) is 9.53 Å². The van der Waals surface area contributed by atoms with Crippen LogP contribution in [0.5, 0.6) is 11.5 Å². The minimum absolute atomic E-state index is 0.215. The van der Waals surface area contributed by atoms with Gasteiger partial charge in [0.1, 0.15) is 17.5 Å². The van der Waals surface area contributed by atoms with Crippen LogP contribution in [0.4, 0.5) is 0 Å². The fourth-order valence-electron chi connectivity index (χ4n) is 2.65. The van der Waals surface area contributed by atoms with Crippen LogP contribution < -0.4 is 9.47 Å². The van der Waals surface area contributed by atoms with E-state index >= 15 is 0 Å². The van der Waals surface area contributed by atoms with Gasteiger partial charge >= 0.3 is 5.97 Å². The molecule has 0 spiro atoms. The van der Waals surface area contributed by atoms with Gasteiger partial charge in [-0.15, -0.1) is 0 Å². The first-order valence-electron chi connectivity index (χ1n) is 7.22. The number of likely N-dealkylation sites (tertiary alicyclic amines) is 1. The molecule has 6 heteroatoms. The predicted molar refractivity (Wildman–Crippen MR) is 80.2 cm³/mol. The monoisotopic (exact) mass is 307 g/mol. The fourth-order valence-corrected chi connectivity index (χ4v) is 2.65. The summed E-state index contributed by atoms with van der Waals surface area (Å²) < 4.78 is 15.2. The molecule has 120 valence electrons. The molecule has 1 aliphatic rings. The molecule has 1 heterocycles. The average molecular weight is 307 g/mol. The van der Waals surface area contributed by atoms with E-state index in [9.17, 15) is 9.59 Å². The maximum atomic E-state index is 12.8. The van der Waals surface area contributed by atoms with Gasteiger partial charge in [-0.05, 0) is 31.4 Å². The first kappa shape index (κ1) is 16.1. The SMILES string of the molecule is COC(=O)[C@H]1CCCCN1C(=O)c1cc(OC)cc(OC)c1. The van der Waals surface area contributed by atoms with E-state index in [0.29, 0.717) is 30.0 Å². The fraction of sp³-hybridized carbons (Fsp3) is 0.500. The van der Waals surface area contributed by atoms with Gasteiger partial charge in [-0.1, -0.05) is 0 Å². The number of carbonyl (C=O) groups excluding carboxylic acids is 2. The van der Waals surface area contributed by atoms with Gasteiger partial charge in [0.15, 0.2) is 0 Å². The Morgan fingerprint density at radius 1 is 1.05 bits per heavy atom. The Morgan fingerprint density at radius 2 is 1.68 bits per heavy atom. The summed E-state index contributed by atoms with van der Waals surface area (Å²) in [7, 11) is 4.40. The molecule has 0 radical (unpaired) electrons. The highest BCUT2D eigenvalue weighted by atomic mass is 16.5. The van der Waals surface area contributed by atoms with Crippen molar-refractivity contribution in [2.75, 3.05) is 27.9 Å². The molecule has 0 unspecified atom stereocenters. The number of piperidine rings is 1. The lowest BCUT2D eigenvalue weighted by Gasteiger charge is -2.33. The Balaban J connectivity index is 2.30. The van der Waals surface area contributed by atoms with Gasteiger partial charge in [0, 0.05) is 18.2 Å². The normalized spacial score (nSPS) is 17.8. The van der Waals surface area contributed by atoms with Crippen molar-refractivity contribution in [2.45, 2.75) is 25.3 Å². The summed E-state index contributed by atoms with van der Waals surface area (Å²) in [5, 5.41) is 0. The molecule has 1 fully saturated rings. The molecule has 1 amide bonds. The van der Waals surface area contributed by atoms with Crippen molar-refractivity contribution in [2.24, 2.45) is 0 Å². The quantitative estimate of drug-likeness (QED) is 0.795. The molecular formula is C16H21NO5. The van der Waals surface area contributed by atoms with Crippen molar-refractivity contribution in [3.8, 4) is 11.5 Å². The summed E-state index contributed by atoms with van der Waals surface area (Å²) in [6.45, 7) is 0.540. The summed E-state index contributed by atoms with van der Waals surface area (Å²) in [4.78, 5) is 26.2. The van der Waals surface area contributed by atoms with Crippen LogP contribution in [0.3, 0.4) is 0 Å². The molecule has 2 rings (SSSR count). The maximum Gasteiger partial charge on any atom is 0.328 e. The van der Waals surface area contributed by atoms with Gasteiger partial charge in [0.2, 0.25) is 0 Å². The minimum Gasteiger partial charge on any atom is -0.497 e. The number of amides is 1. The summed E-state index contributed by atoms with van der Waals surface area (Å²) >= 11 is 0. The Morgan fingerprint density at radius 3 is 2.23 bits per heavy atom. The van der Waals surface area contributed by atoms with E-state index in [-0.39, 0.29) is 11.9 Å². The summed E-state index contributed by atoms with van der Waals surface area (Å²) in [5.41, 5.74) is 0.437. The predicted octanol–water partition coefficient (Wildman–Crippen LogP) is 1.87. The van der Waals surface area contributed by atoms with Crippen LogP contribution in [0, 0.1) is 0 Å². The number of ether oxygens (including phenoxy) is 3. The number of rotatable bonds is 4. The van der Waals surface area contributed by atoms with E-state index in [0.717, 1.165) is 12.8 Å². The Labute approximate surface area is 129 Å². The molecule has 0 N–H and O–H groups in total. The lowest BCUT2D eigenvalue weighted by Crippen LogP contribution is -2.48. The van der Waals surface area contributed by atoms with Gasteiger partial charge in [-0.3, -0.25) is 4.79 Å². The van der Waals surface area contributed by atoms with E-state index in [2.05, 4.69) is 0 Å². The summed E-state index contributed by atoms with van der Waals surface area (Å²) in [5.74, 6) is 0.485. The third-order valence-electron chi connectivity index (χ3n) is 3.84. The highest BCUT2D eigenvalue weighted by molar-refractivity contribution is 5.97. The first-order valence-corrected chi connectivity index (χ1v) is 7.22. The van der Waals surface area contributed by atoms with Crippen molar-refractivity contribution in [1.29, 1.82) is 0 Å². The number of benzene rings is 1. The molecule has 1 aromatic carbocycles. The molecular weight excluding hydrogens is 286 g/mol. The zero-order chi connectivity index (χ0) is 16.1. The number of hydrogen-bond acceptors (Lipinski definition) is 5. The highest BCUT2D eigenvalue weighted by Crippen LogP contribution is 2.26. The number of esters is 1. The Kier molecular flexibility index (Phi) is 5.25. The topological polar surface area (TPSA) is 65.1 Å². The van der Waals surface area contributed by atoms with E-state index in [1.165, 1.54) is 21.3 Å². The van der Waals surface area contributed by atoms with E-state index < -0.39 is 6.04 Å². The molecule has 0 saturated carbocycles. The number of nitrogens with zero attached hydrogens (tertiary/aromatic N) is 1. The Hall–Kier alpha value is -2.24. The van der Waals surface area contributed by atoms with Crippen LogP contribution in [0.25, 0.3) is 0 Å². The number of methoxy groups -OCH3 is 3. The van der Waals surface area contributed by atoms with Gasteiger partial charge in [-0.2, -0.15) is 0 Å². The van der Waals surface area contributed by atoms with Gasteiger partial charge < -0.3 is 19.1 Å². The van der Waals surface area contributed by atoms with Crippen LogP contribution >= 0.6 is 0 Å². The van der Waals surface area contributed by atoms with Gasteiger partial charge in [0.25, 0.3) is 5.91 Å². The lowest BCUT2D eigenvalue weighted by atomic mass is 10.0. The van der Waals surface area contributed by atoms with Crippen molar-refractivity contribution in [3.05, 3.63) is 23.8 Å². The molecule has 6 nitrogen and oxygen atoms in total. The second-order valence-electron chi connectivity index (χ2n) is 5.13. The zero-order valence-electron chi connectivity index (χ0n) is 13.1. The Bertz CT molecular complexity index is 535. The van der Waals surface area contributed by atoms with Crippen LogP contribution in [0.1, 0.15) is 29.6 Å². The zero-order valence-corrected chi connectivity index (χ0v) is 13.1. The van der Waals surface area contributed by atoms with Gasteiger partial charge in [-0.25, -0.2) is 4.79 Å². The third-order valence-corrected chi connectivity index (χ3v) is 3.84. The second-order valence-corrected chi connectivity index (χ2v) is 5.13. The van der Waals surface area contributed by atoms with Crippen molar-refractivity contribution in [1.82, 2.24) is 4.90 Å². The highest BCUT2D eigenvalue weighted by Gasteiger charge is 2.33. The standard InChI is InChI=1S/C16H21NO5/c1-20-12-8-11(9-13(10-12)21-2)15(18)17-7-5-4-6-14(17)16(19)22-3/h8-10,14H,4-7H2,1-3H3/t14-/m1/s1. The van der Waals surface area contributed by atoms with E-state index in [1.807, 2.05) is 0 Å². The van der Waals surface area contributed by atoms with Crippen molar-refractivity contribution >= 4 is 11.9 Å². The molecule has 0 aliphatic carbocycles. The van der Waals surface area contributed by atoms with Gasteiger partial charge in [0.05, 0.1) is 21.3 Å². The van der Waals surface area contributed by atoms with E-state index in [4.69, 9.17) is 14.2 Å². The van der Waals surface area contributed by atoms with Crippen LogP contribution in [0.15, 0.2) is 18.2 Å². The summed E-state index contributed by atoms with van der Waals surface area (Å²) in [6, 6.07) is 4.47. The second kappa shape index (κ2) is 7.15. The first-order chi connectivity index (χ1) is 10.6. The van der Waals surface area contributed by atoms with Crippen molar-refractivity contribution < 1.29 is 23.8 Å². The molecule has 1 aliphatic heterocycles. The number of carbonyl (C=O) groups is 2. The maximum absolute atomic E-state index is 12.8. The molecule has 0 aromatic heterocycles. The summed E-state index contributed by atoms with van der Waals surface area (Å²) in [6.07, 6.45) is 2.41. The van der Waals surface area contributed by atoms with Crippen molar-refractivity contribution in [3.63, 3.8) is 0 Å². The molecule has 0 bridgehead atoms. The molecule has 1 atom stereocenters. The molecule has 1 saturated heterocycles. The minimum atomic E-state index is -0.525. The molecule has 1 aromatic rings. The van der Waals surface area contributed by atoms with Crippen LogP contribution in [0.2, 0.25) is 0 Å². The molecule has 22 heavy (non-hydrogen) atoms. The van der Waals surface area contributed by atoms with Crippen LogP contribution in [-0.4, -0.2) is 50.7 Å².